The van der Waals surface area contributed by atoms with Crippen LogP contribution in [0.5, 0.6) is 5.75 Å². The zero-order chi connectivity index (χ0) is 17.8. The first-order chi connectivity index (χ1) is 12.1. The first-order valence-electron chi connectivity index (χ1n) is 8.56. The van der Waals surface area contributed by atoms with Gasteiger partial charge in [-0.25, -0.2) is 4.98 Å². The van der Waals surface area contributed by atoms with Gasteiger partial charge in [0.1, 0.15) is 17.4 Å². The third kappa shape index (κ3) is 3.82. The normalized spacial score (nSPS) is 19.9. The molecule has 130 valence electrons. The number of ether oxygens (including phenoxy) is 1. The van der Waals surface area contributed by atoms with Gasteiger partial charge in [0, 0.05) is 11.6 Å². The molecule has 1 aromatic carbocycles. The summed E-state index contributed by atoms with van der Waals surface area (Å²) in [6, 6.07) is 9.44. The van der Waals surface area contributed by atoms with Crippen molar-refractivity contribution in [1.29, 1.82) is 5.26 Å². The highest BCUT2D eigenvalue weighted by molar-refractivity contribution is 5.67. The average molecular weight is 338 g/mol. The van der Waals surface area contributed by atoms with Gasteiger partial charge < -0.3 is 10.1 Å². The van der Waals surface area contributed by atoms with E-state index in [-0.39, 0.29) is 5.56 Å². The van der Waals surface area contributed by atoms with Gasteiger partial charge in [-0.1, -0.05) is 6.92 Å². The van der Waals surface area contributed by atoms with E-state index in [4.69, 9.17) is 4.74 Å². The molecule has 0 saturated heterocycles. The summed E-state index contributed by atoms with van der Waals surface area (Å²) in [6.45, 7) is 2.26. The monoisotopic (exact) mass is 338 g/mol. The summed E-state index contributed by atoms with van der Waals surface area (Å²) in [5.41, 5.74) is 0.701. The third-order valence-corrected chi connectivity index (χ3v) is 4.75. The van der Waals surface area contributed by atoms with Gasteiger partial charge in [-0.2, -0.15) is 5.26 Å². The Balaban J connectivity index is 1.92. The predicted molar refractivity (Wildman–Crippen MR) is 96.6 cm³/mol. The molecule has 0 aliphatic heterocycles. The lowest BCUT2D eigenvalue weighted by molar-refractivity contribution is 0.360. The minimum Gasteiger partial charge on any atom is -0.497 e. The van der Waals surface area contributed by atoms with Crippen LogP contribution in [0.3, 0.4) is 0 Å². The number of aromatic amines is 1. The number of nitriles is 1. The molecule has 25 heavy (non-hydrogen) atoms. The lowest BCUT2D eigenvalue weighted by atomic mass is 9.87. The van der Waals surface area contributed by atoms with Gasteiger partial charge >= 0.3 is 0 Å². The van der Waals surface area contributed by atoms with Crippen LogP contribution in [0, 0.1) is 17.2 Å². The van der Waals surface area contributed by atoms with E-state index in [0.717, 1.165) is 18.8 Å². The second kappa shape index (κ2) is 7.39. The number of H-pyrrole nitrogens is 1. The molecule has 3 rings (SSSR count). The standard InChI is InChI=1S/C19H22N4O2/c1-12-3-7-14(8-4-12)21-19-22-17(16(11-20)18(24)23-19)13-5-9-15(25-2)10-6-13/h5-6,9-10,12,14H,3-4,7-8H2,1-2H3,(H2,21,22,23,24). The van der Waals surface area contributed by atoms with Crippen molar-refractivity contribution >= 4 is 5.95 Å². The number of hydrogen-bond donors (Lipinski definition) is 2. The molecule has 0 atom stereocenters. The van der Waals surface area contributed by atoms with Crippen LogP contribution in [0.15, 0.2) is 29.1 Å². The molecule has 2 N–H and O–H groups in total. The molecule has 0 bridgehead atoms. The van der Waals surface area contributed by atoms with Crippen molar-refractivity contribution in [2.24, 2.45) is 5.92 Å². The number of nitrogens with one attached hydrogen (secondary N) is 2. The van der Waals surface area contributed by atoms with Crippen LogP contribution in [0.2, 0.25) is 0 Å². The molecular weight excluding hydrogens is 316 g/mol. The van der Waals surface area contributed by atoms with Crippen molar-refractivity contribution < 1.29 is 4.74 Å². The van der Waals surface area contributed by atoms with Gasteiger partial charge in [0.25, 0.3) is 5.56 Å². The topological polar surface area (TPSA) is 90.8 Å². The van der Waals surface area contributed by atoms with Crippen LogP contribution in [-0.4, -0.2) is 23.1 Å². The Labute approximate surface area is 146 Å². The van der Waals surface area contributed by atoms with Crippen molar-refractivity contribution in [1.82, 2.24) is 9.97 Å². The van der Waals surface area contributed by atoms with Crippen LogP contribution in [0.4, 0.5) is 5.95 Å². The number of methoxy groups -OCH3 is 1. The molecule has 0 radical (unpaired) electrons. The summed E-state index contributed by atoms with van der Waals surface area (Å²) < 4.78 is 5.15. The fourth-order valence-electron chi connectivity index (χ4n) is 3.20. The van der Waals surface area contributed by atoms with E-state index in [2.05, 4.69) is 22.2 Å². The van der Waals surface area contributed by atoms with E-state index in [1.807, 2.05) is 6.07 Å². The number of benzene rings is 1. The van der Waals surface area contributed by atoms with E-state index >= 15 is 0 Å². The average Bonchev–Trinajstić information content (AvgIpc) is 2.63. The summed E-state index contributed by atoms with van der Waals surface area (Å²) in [7, 11) is 1.59. The maximum atomic E-state index is 12.3. The van der Waals surface area contributed by atoms with Crippen LogP contribution in [0.1, 0.15) is 38.2 Å². The van der Waals surface area contributed by atoms with Crippen molar-refractivity contribution in [3.05, 3.63) is 40.2 Å². The fourth-order valence-corrected chi connectivity index (χ4v) is 3.20. The van der Waals surface area contributed by atoms with E-state index in [1.165, 1.54) is 12.8 Å². The summed E-state index contributed by atoms with van der Waals surface area (Å²) in [4.78, 5) is 19.5. The number of rotatable bonds is 4. The van der Waals surface area contributed by atoms with Crippen LogP contribution in [-0.2, 0) is 0 Å². The van der Waals surface area contributed by atoms with Gasteiger partial charge in [0.2, 0.25) is 5.95 Å². The summed E-state index contributed by atoms with van der Waals surface area (Å²) in [6.07, 6.45) is 4.46. The molecule has 1 fully saturated rings. The molecule has 1 aliphatic rings. The number of nitrogens with zero attached hydrogens (tertiary/aromatic N) is 2. The Morgan fingerprint density at radius 1 is 1.24 bits per heavy atom. The van der Waals surface area contributed by atoms with Crippen LogP contribution in [0.25, 0.3) is 11.3 Å². The summed E-state index contributed by atoms with van der Waals surface area (Å²) in [5.74, 6) is 1.89. The molecule has 2 aromatic rings. The van der Waals surface area contributed by atoms with Crippen molar-refractivity contribution in [2.45, 2.75) is 38.6 Å². The van der Waals surface area contributed by atoms with Gasteiger partial charge in [-0.3, -0.25) is 9.78 Å². The zero-order valence-electron chi connectivity index (χ0n) is 14.5. The van der Waals surface area contributed by atoms with E-state index in [1.54, 1.807) is 31.4 Å². The first-order valence-corrected chi connectivity index (χ1v) is 8.56. The van der Waals surface area contributed by atoms with Gasteiger partial charge in [-0.15, -0.1) is 0 Å². The van der Waals surface area contributed by atoms with Crippen molar-refractivity contribution in [3.8, 4) is 23.1 Å². The Bertz CT molecular complexity index is 828. The minimum absolute atomic E-state index is 0.0213. The third-order valence-electron chi connectivity index (χ3n) is 4.75. The molecule has 1 saturated carbocycles. The second-order valence-corrected chi connectivity index (χ2v) is 6.58. The van der Waals surface area contributed by atoms with E-state index in [9.17, 15) is 10.1 Å². The fraction of sp³-hybridized carbons (Fsp3) is 0.421. The van der Waals surface area contributed by atoms with Gasteiger partial charge in [0.05, 0.1) is 12.8 Å². The van der Waals surface area contributed by atoms with Gasteiger partial charge in [-0.05, 0) is 55.9 Å². The lowest BCUT2D eigenvalue weighted by Gasteiger charge is -2.27. The predicted octanol–water partition coefficient (Wildman–Crippen LogP) is 3.31. The number of hydrogen-bond acceptors (Lipinski definition) is 5. The zero-order valence-corrected chi connectivity index (χ0v) is 14.5. The lowest BCUT2D eigenvalue weighted by Crippen LogP contribution is -2.28. The Kier molecular flexibility index (Phi) is 5.03. The quantitative estimate of drug-likeness (QED) is 0.892. The Morgan fingerprint density at radius 2 is 1.92 bits per heavy atom. The summed E-state index contributed by atoms with van der Waals surface area (Å²) in [5, 5.41) is 12.7. The Morgan fingerprint density at radius 3 is 2.52 bits per heavy atom. The molecule has 1 aromatic heterocycles. The number of anilines is 1. The number of aromatic nitrogens is 2. The molecule has 0 amide bonds. The maximum absolute atomic E-state index is 12.3. The first kappa shape index (κ1) is 17.0. The maximum Gasteiger partial charge on any atom is 0.270 e. The molecule has 1 aliphatic carbocycles. The largest absolute Gasteiger partial charge is 0.497 e. The van der Waals surface area contributed by atoms with Crippen molar-refractivity contribution in [3.63, 3.8) is 0 Å². The molecule has 0 spiro atoms. The molecule has 6 nitrogen and oxygen atoms in total. The Hall–Kier alpha value is -2.81. The second-order valence-electron chi connectivity index (χ2n) is 6.58. The van der Waals surface area contributed by atoms with E-state index in [0.29, 0.717) is 29.0 Å². The molecule has 6 heteroatoms. The SMILES string of the molecule is COc1ccc(-c2nc(NC3CCC(C)CC3)[nH]c(=O)c2C#N)cc1. The van der Waals surface area contributed by atoms with Gasteiger partial charge in [0.15, 0.2) is 0 Å². The highest BCUT2D eigenvalue weighted by Gasteiger charge is 2.20. The minimum atomic E-state index is -0.421. The highest BCUT2D eigenvalue weighted by atomic mass is 16.5. The molecular formula is C19H22N4O2. The summed E-state index contributed by atoms with van der Waals surface area (Å²) >= 11 is 0. The molecule has 0 unspecified atom stereocenters. The molecule has 1 heterocycles. The smallest absolute Gasteiger partial charge is 0.270 e. The van der Waals surface area contributed by atoms with Crippen LogP contribution < -0.4 is 15.6 Å². The van der Waals surface area contributed by atoms with E-state index < -0.39 is 5.56 Å². The van der Waals surface area contributed by atoms with Crippen molar-refractivity contribution in [2.75, 3.05) is 12.4 Å². The highest BCUT2D eigenvalue weighted by Crippen LogP contribution is 2.26. The van der Waals surface area contributed by atoms with Crippen LogP contribution >= 0.6 is 0 Å².